The van der Waals surface area contributed by atoms with Crippen molar-refractivity contribution in [2.24, 2.45) is 0 Å². The lowest BCUT2D eigenvalue weighted by Gasteiger charge is -2.38. The molecule has 0 saturated carbocycles. The number of halogens is 2. The van der Waals surface area contributed by atoms with Gasteiger partial charge in [-0.05, 0) is 44.4 Å². The lowest BCUT2D eigenvalue weighted by atomic mass is 9.83. The molecule has 1 aromatic carbocycles. The molecule has 0 spiro atoms. The van der Waals surface area contributed by atoms with E-state index in [0.717, 1.165) is 13.0 Å². The van der Waals surface area contributed by atoms with Crippen molar-refractivity contribution in [3.63, 3.8) is 0 Å². The molecule has 0 aromatic heterocycles. The monoisotopic (exact) mass is 269 g/mol. The molecule has 1 N–H and O–H groups in total. The molecule has 0 unspecified atom stereocenters. The lowest BCUT2D eigenvalue weighted by molar-refractivity contribution is -0.0311. The predicted octanol–water partition coefficient (Wildman–Crippen LogP) is 2.97. The van der Waals surface area contributed by atoms with Gasteiger partial charge in [0.2, 0.25) is 0 Å². The Morgan fingerprint density at radius 3 is 2.47 bits per heavy atom. The number of hydrogen-bond donors (Lipinski definition) is 1. The van der Waals surface area contributed by atoms with Crippen molar-refractivity contribution in [2.45, 2.75) is 38.7 Å². The summed E-state index contributed by atoms with van der Waals surface area (Å²) in [6.07, 6.45) is 1.81. The van der Waals surface area contributed by atoms with Crippen molar-refractivity contribution in [2.75, 3.05) is 19.6 Å². The van der Waals surface area contributed by atoms with Gasteiger partial charge in [0.15, 0.2) is 0 Å². The zero-order chi connectivity index (χ0) is 14.0. The molecule has 1 aliphatic heterocycles. The van der Waals surface area contributed by atoms with Crippen molar-refractivity contribution >= 4 is 0 Å². The summed E-state index contributed by atoms with van der Waals surface area (Å²) in [6, 6.07) is 2.65. The zero-order valence-electron chi connectivity index (χ0n) is 11.5. The topological polar surface area (TPSA) is 23.5 Å². The van der Waals surface area contributed by atoms with Crippen LogP contribution in [0.1, 0.15) is 37.3 Å². The van der Waals surface area contributed by atoms with Crippen LogP contribution >= 0.6 is 0 Å². The van der Waals surface area contributed by atoms with Gasteiger partial charge in [0.05, 0.1) is 11.2 Å². The molecule has 2 nitrogen and oxygen atoms in total. The Kier molecular flexibility index (Phi) is 4.21. The van der Waals surface area contributed by atoms with E-state index in [2.05, 4.69) is 11.8 Å². The maximum atomic E-state index is 14.1. The van der Waals surface area contributed by atoms with Crippen LogP contribution in [0.4, 0.5) is 8.78 Å². The van der Waals surface area contributed by atoms with Crippen LogP contribution in [0.2, 0.25) is 0 Å². The van der Waals surface area contributed by atoms with Crippen molar-refractivity contribution in [1.82, 2.24) is 4.90 Å². The number of hydrogen-bond acceptors (Lipinski definition) is 2. The average Bonchev–Trinajstić information content (AvgIpc) is 2.38. The Morgan fingerprint density at radius 1 is 1.26 bits per heavy atom. The number of aryl methyl sites for hydroxylation is 1. The zero-order valence-corrected chi connectivity index (χ0v) is 11.5. The third-order valence-corrected chi connectivity index (χ3v) is 3.97. The average molecular weight is 269 g/mol. The van der Waals surface area contributed by atoms with E-state index in [9.17, 15) is 13.9 Å². The van der Waals surface area contributed by atoms with Gasteiger partial charge in [0, 0.05) is 13.1 Å². The Morgan fingerprint density at radius 2 is 1.89 bits per heavy atom. The van der Waals surface area contributed by atoms with Gasteiger partial charge in [-0.15, -0.1) is 0 Å². The molecule has 0 radical (unpaired) electrons. The molecule has 2 rings (SSSR count). The molecule has 0 atom stereocenters. The summed E-state index contributed by atoms with van der Waals surface area (Å²) < 4.78 is 28.0. The van der Waals surface area contributed by atoms with Crippen LogP contribution in [0.25, 0.3) is 0 Å². The van der Waals surface area contributed by atoms with E-state index < -0.39 is 17.2 Å². The second-order valence-corrected chi connectivity index (χ2v) is 5.43. The molecule has 0 aliphatic carbocycles. The van der Waals surface area contributed by atoms with Crippen molar-refractivity contribution in [1.29, 1.82) is 0 Å². The predicted molar refractivity (Wildman–Crippen MR) is 71.0 cm³/mol. The van der Waals surface area contributed by atoms with Crippen LogP contribution in [0, 0.1) is 18.6 Å². The fourth-order valence-electron chi connectivity index (χ4n) is 2.80. The Balaban J connectivity index is 2.25. The minimum Gasteiger partial charge on any atom is -0.385 e. The second-order valence-electron chi connectivity index (χ2n) is 5.43. The number of benzene rings is 1. The Labute approximate surface area is 113 Å². The van der Waals surface area contributed by atoms with Crippen LogP contribution < -0.4 is 0 Å². The first-order valence-electron chi connectivity index (χ1n) is 6.88. The van der Waals surface area contributed by atoms with Gasteiger partial charge in [-0.2, -0.15) is 0 Å². The SMILES string of the molecule is CCCN1CCC(O)(c2c(F)ccc(C)c2F)CC1. The molecule has 1 aliphatic rings. The number of rotatable bonds is 3. The van der Waals surface area contributed by atoms with E-state index in [4.69, 9.17) is 0 Å². The maximum Gasteiger partial charge on any atom is 0.135 e. The summed E-state index contributed by atoms with van der Waals surface area (Å²) in [5.41, 5.74) is -1.14. The molecule has 0 amide bonds. The lowest BCUT2D eigenvalue weighted by Crippen LogP contribution is -2.43. The van der Waals surface area contributed by atoms with Gasteiger partial charge >= 0.3 is 0 Å². The minimum absolute atomic E-state index is 0.149. The van der Waals surface area contributed by atoms with E-state index in [-0.39, 0.29) is 5.56 Å². The van der Waals surface area contributed by atoms with Crippen molar-refractivity contribution in [3.05, 3.63) is 34.9 Å². The highest BCUT2D eigenvalue weighted by Crippen LogP contribution is 2.36. The van der Waals surface area contributed by atoms with E-state index in [1.54, 1.807) is 6.92 Å². The third kappa shape index (κ3) is 2.79. The Bertz CT molecular complexity index is 454. The van der Waals surface area contributed by atoms with Crippen LogP contribution in [-0.4, -0.2) is 29.6 Å². The molecule has 1 heterocycles. The molecular weight excluding hydrogens is 248 g/mol. The first kappa shape index (κ1) is 14.4. The third-order valence-electron chi connectivity index (χ3n) is 3.97. The molecule has 106 valence electrons. The fourth-order valence-corrected chi connectivity index (χ4v) is 2.80. The van der Waals surface area contributed by atoms with Gasteiger partial charge in [-0.25, -0.2) is 8.78 Å². The quantitative estimate of drug-likeness (QED) is 0.912. The summed E-state index contributed by atoms with van der Waals surface area (Å²) in [6.45, 7) is 6.01. The first-order valence-corrected chi connectivity index (χ1v) is 6.88. The summed E-state index contributed by atoms with van der Waals surface area (Å²) in [5, 5.41) is 10.6. The van der Waals surface area contributed by atoms with E-state index in [1.807, 2.05) is 0 Å². The maximum absolute atomic E-state index is 14.1. The minimum atomic E-state index is -1.37. The number of likely N-dealkylation sites (tertiary alicyclic amines) is 1. The fraction of sp³-hybridized carbons (Fsp3) is 0.600. The number of piperidine rings is 1. The van der Waals surface area contributed by atoms with Gasteiger partial charge in [-0.3, -0.25) is 0 Å². The normalized spacial score (nSPS) is 19.6. The highest BCUT2D eigenvalue weighted by atomic mass is 19.1. The van der Waals surface area contributed by atoms with E-state index in [0.29, 0.717) is 31.5 Å². The standard InChI is InChI=1S/C15H21F2NO/c1-3-8-18-9-6-15(19,7-10-18)13-12(16)5-4-11(2)14(13)17/h4-5,19H,3,6-10H2,1-2H3. The highest BCUT2D eigenvalue weighted by molar-refractivity contribution is 5.32. The summed E-state index contributed by atoms with van der Waals surface area (Å²) in [5.74, 6) is -1.25. The molecule has 1 aromatic rings. The van der Waals surface area contributed by atoms with Gasteiger partial charge in [0.1, 0.15) is 11.6 Å². The summed E-state index contributed by atoms with van der Waals surface area (Å²) in [4.78, 5) is 2.22. The van der Waals surface area contributed by atoms with Crippen molar-refractivity contribution < 1.29 is 13.9 Å². The smallest absolute Gasteiger partial charge is 0.135 e. The summed E-state index contributed by atoms with van der Waals surface area (Å²) in [7, 11) is 0. The highest BCUT2D eigenvalue weighted by Gasteiger charge is 2.38. The molecule has 1 saturated heterocycles. The first-order chi connectivity index (χ1) is 8.98. The van der Waals surface area contributed by atoms with Gasteiger partial charge in [0.25, 0.3) is 0 Å². The molecule has 19 heavy (non-hydrogen) atoms. The Hall–Kier alpha value is -1.00. The number of aliphatic hydroxyl groups is 1. The van der Waals surface area contributed by atoms with Crippen LogP contribution in [0.3, 0.4) is 0 Å². The molecule has 1 fully saturated rings. The largest absolute Gasteiger partial charge is 0.385 e. The van der Waals surface area contributed by atoms with E-state index >= 15 is 0 Å². The molecule has 4 heteroatoms. The second kappa shape index (κ2) is 5.55. The van der Waals surface area contributed by atoms with E-state index in [1.165, 1.54) is 12.1 Å². The summed E-state index contributed by atoms with van der Waals surface area (Å²) >= 11 is 0. The van der Waals surface area contributed by atoms with Gasteiger partial charge in [-0.1, -0.05) is 13.0 Å². The van der Waals surface area contributed by atoms with Gasteiger partial charge < -0.3 is 10.0 Å². The molecular formula is C15H21F2NO. The number of nitrogens with zero attached hydrogens (tertiary/aromatic N) is 1. The van der Waals surface area contributed by atoms with Crippen LogP contribution in [0.15, 0.2) is 12.1 Å². The van der Waals surface area contributed by atoms with Crippen LogP contribution in [-0.2, 0) is 5.60 Å². The van der Waals surface area contributed by atoms with Crippen LogP contribution in [0.5, 0.6) is 0 Å². The molecule has 0 bridgehead atoms. The van der Waals surface area contributed by atoms with Crippen molar-refractivity contribution in [3.8, 4) is 0 Å².